The number of halogens is 1. The van der Waals surface area contributed by atoms with Crippen LogP contribution in [0.5, 0.6) is 11.5 Å². The molecule has 2 aromatic carbocycles. The monoisotopic (exact) mass is 511 g/mol. The molecule has 0 saturated heterocycles. The van der Waals surface area contributed by atoms with Gasteiger partial charge in [0.1, 0.15) is 10.6 Å². The van der Waals surface area contributed by atoms with Crippen LogP contribution < -0.4 is 19.8 Å². The van der Waals surface area contributed by atoms with E-state index < -0.39 is 11.9 Å². The van der Waals surface area contributed by atoms with Crippen molar-refractivity contribution in [1.82, 2.24) is 10.2 Å². The Morgan fingerprint density at radius 3 is 2.69 bits per heavy atom. The van der Waals surface area contributed by atoms with E-state index in [0.717, 1.165) is 12.8 Å². The van der Waals surface area contributed by atoms with Crippen molar-refractivity contribution in [2.24, 2.45) is 0 Å². The lowest BCUT2D eigenvalue weighted by atomic mass is 9.98. The Morgan fingerprint density at radius 1 is 1.14 bits per heavy atom. The molecule has 0 radical (unpaired) electrons. The van der Waals surface area contributed by atoms with Crippen LogP contribution in [0.15, 0.2) is 45.6 Å². The maximum Gasteiger partial charge on any atom is 0.297 e. The Kier molecular flexibility index (Phi) is 6.21. The zero-order valence-corrected chi connectivity index (χ0v) is 20.9. The Morgan fingerprint density at radius 2 is 1.97 bits per heavy atom. The number of methoxy groups -OCH3 is 1. The van der Waals surface area contributed by atoms with Crippen molar-refractivity contribution in [2.75, 3.05) is 18.6 Å². The summed E-state index contributed by atoms with van der Waals surface area (Å²) in [6.07, 6.45) is 1.92. The van der Waals surface area contributed by atoms with Gasteiger partial charge in [0, 0.05) is 5.02 Å². The molecule has 10 heteroatoms. The van der Waals surface area contributed by atoms with Gasteiger partial charge in [0.15, 0.2) is 16.9 Å². The lowest BCUT2D eigenvalue weighted by molar-refractivity contribution is 0.0970. The molecule has 1 atom stereocenters. The molecule has 1 aliphatic rings. The standard InChI is InChI=1S/C25H22ClN3O5S/c1-4-5-10-33-18-8-6-14(11-19(18)32-3)21-20-22(30)16-12-15(26)7-9-17(16)34-23(20)24(31)29(21)25-28-27-13(2)35-25/h6-9,11-12,21H,4-5,10H2,1-3H3. The van der Waals surface area contributed by atoms with E-state index in [9.17, 15) is 9.59 Å². The number of carbonyl (C=O) groups excluding carboxylic acids is 1. The number of anilines is 1. The summed E-state index contributed by atoms with van der Waals surface area (Å²) in [6, 6.07) is 9.34. The third kappa shape index (κ3) is 4.04. The summed E-state index contributed by atoms with van der Waals surface area (Å²) < 4.78 is 17.4. The van der Waals surface area contributed by atoms with Crippen molar-refractivity contribution >= 4 is 44.9 Å². The SMILES string of the molecule is CCCCOc1ccc(C2c3c(oc4ccc(Cl)cc4c3=O)C(=O)N2c2nnc(C)s2)cc1OC. The predicted molar refractivity (Wildman–Crippen MR) is 134 cm³/mol. The first kappa shape index (κ1) is 23.3. The number of aromatic nitrogens is 2. The molecular weight excluding hydrogens is 490 g/mol. The second-order valence-electron chi connectivity index (χ2n) is 8.11. The first-order valence-electron chi connectivity index (χ1n) is 11.1. The van der Waals surface area contributed by atoms with Gasteiger partial charge >= 0.3 is 0 Å². The van der Waals surface area contributed by atoms with Gasteiger partial charge in [0.05, 0.1) is 30.7 Å². The zero-order chi connectivity index (χ0) is 24.7. The summed E-state index contributed by atoms with van der Waals surface area (Å²) in [5.74, 6) is 0.605. The Labute approximate surface area is 210 Å². The second-order valence-corrected chi connectivity index (χ2v) is 9.70. The van der Waals surface area contributed by atoms with Crippen molar-refractivity contribution in [3.05, 3.63) is 73.5 Å². The molecule has 180 valence electrons. The average molecular weight is 512 g/mol. The molecule has 0 spiro atoms. The first-order valence-corrected chi connectivity index (χ1v) is 12.3. The molecule has 3 heterocycles. The van der Waals surface area contributed by atoms with Crippen LogP contribution in [0.3, 0.4) is 0 Å². The van der Waals surface area contributed by atoms with E-state index in [1.54, 1.807) is 44.4 Å². The van der Waals surface area contributed by atoms with Gasteiger partial charge < -0.3 is 13.9 Å². The lowest BCUT2D eigenvalue weighted by Gasteiger charge is -2.23. The number of amides is 1. The summed E-state index contributed by atoms with van der Waals surface area (Å²) in [5, 5.41) is 10.0. The minimum Gasteiger partial charge on any atom is -0.493 e. The van der Waals surface area contributed by atoms with Crippen molar-refractivity contribution in [3.8, 4) is 11.5 Å². The molecule has 1 amide bonds. The van der Waals surface area contributed by atoms with Gasteiger partial charge in [-0.3, -0.25) is 14.5 Å². The van der Waals surface area contributed by atoms with Crippen molar-refractivity contribution in [3.63, 3.8) is 0 Å². The van der Waals surface area contributed by atoms with E-state index in [1.807, 2.05) is 6.07 Å². The molecule has 0 N–H and O–H groups in total. The van der Waals surface area contributed by atoms with Gasteiger partial charge in [-0.2, -0.15) is 0 Å². The van der Waals surface area contributed by atoms with E-state index >= 15 is 0 Å². The van der Waals surface area contributed by atoms with Gasteiger partial charge in [-0.25, -0.2) is 0 Å². The summed E-state index contributed by atoms with van der Waals surface area (Å²) >= 11 is 7.41. The number of rotatable bonds is 7. The van der Waals surface area contributed by atoms with Gasteiger partial charge in [0.25, 0.3) is 5.91 Å². The van der Waals surface area contributed by atoms with Gasteiger partial charge in [-0.05, 0) is 49.2 Å². The first-order chi connectivity index (χ1) is 16.9. The van der Waals surface area contributed by atoms with E-state index in [0.29, 0.717) is 44.2 Å². The lowest BCUT2D eigenvalue weighted by Crippen LogP contribution is -2.29. The van der Waals surface area contributed by atoms with E-state index in [-0.39, 0.29) is 22.3 Å². The molecule has 1 aliphatic heterocycles. The van der Waals surface area contributed by atoms with Crippen LogP contribution in [0.1, 0.15) is 52.5 Å². The van der Waals surface area contributed by atoms with Crippen LogP contribution in [-0.2, 0) is 0 Å². The quantitative estimate of drug-likeness (QED) is 0.300. The topological polar surface area (TPSA) is 94.8 Å². The fourth-order valence-corrected chi connectivity index (χ4v) is 5.03. The Hall–Kier alpha value is -3.43. The number of fused-ring (bicyclic) bond motifs is 2. The maximum absolute atomic E-state index is 13.7. The summed E-state index contributed by atoms with van der Waals surface area (Å²) in [5.41, 5.74) is 0.837. The molecule has 4 aromatic rings. The van der Waals surface area contributed by atoms with Crippen LogP contribution in [0.25, 0.3) is 11.0 Å². The van der Waals surface area contributed by atoms with E-state index in [1.165, 1.54) is 16.2 Å². The Bertz CT molecular complexity index is 1500. The van der Waals surface area contributed by atoms with E-state index in [2.05, 4.69) is 17.1 Å². The number of benzene rings is 2. The van der Waals surface area contributed by atoms with Crippen molar-refractivity contribution < 1.29 is 18.7 Å². The highest BCUT2D eigenvalue weighted by Crippen LogP contribution is 2.44. The third-order valence-corrected chi connectivity index (χ3v) is 6.89. The number of hydrogen-bond donors (Lipinski definition) is 0. The predicted octanol–water partition coefficient (Wildman–Crippen LogP) is 5.54. The number of unbranched alkanes of at least 4 members (excludes halogenated alkanes) is 1. The molecule has 5 rings (SSSR count). The molecular formula is C25H22ClN3O5S. The highest BCUT2D eigenvalue weighted by atomic mass is 35.5. The molecule has 35 heavy (non-hydrogen) atoms. The normalized spacial score (nSPS) is 15.0. The van der Waals surface area contributed by atoms with Crippen LogP contribution in [0.4, 0.5) is 5.13 Å². The molecule has 1 unspecified atom stereocenters. The number of hydrogen-bond acceptors (Lipinski definition) is 8. The highest BCUT2D eigenvalue weighted by molar-refractivity contribution is 7.15. The smallest absolute Gasteiger partial charge is 0.297 e. The fraction of sp³-hybridized carbons (Fsp3) is 0.280. The molecule has 0 aliphatic carbocycles. The molecule has 2 aromatic heterocycles. The molecule has 0 bridgehead atoms. The third-order valence-electron chi connectivity index (χ3n) is 5.81. The van der Waals surface area contributed by atoms with Crippen molar-refractivity contribution in [1.29, 1.82) is 0 Å². The summed E-state index contributed by atoms with van der Waals surface area (Å²) in [6.45, 7) is 4.45. The van der Waals surface area contributed by atoms with Crippen molar-refractivity contribution in [2.45, 2.75) is 32.7 Å². The maximum atomic E-state index is 13.7. The minimum absolute atomic E-state index is 0.0232. The second kappa shape index (κ2) is 9.31. The summed E-state index contributed by atoms with van der Waals surface area (Å²) in [7, 11) is 1.55. The highest BCUT2D eigenvalue weighted by Gasteiger charge is 2.45. The molecule has 0 saturated carbocycles. The number of aryl methyl sites for hydroxylation is 1. The van der Waals surface area contributed by atoms with Crippen LogP contribution in [0, 0.1) is 6.92 Å². The summed E-state index contributed by atoms with van der Waals surface area (Å²) in [4.78, 5) is 28.7. The number of nitrogens with zero attached hydrogens (tertiary/aromatic N) is 3. The molecule has 8 nitrogen and oxygen atoms in total. The van der Waals surface area contributed by atoms with E-state index in [4.69, 9.17) is 25.5 Å². The largest absolute Gasteiger partial charge is 0.493 e. The molecule has 0 fully saturated rings. The number of carbonyl (C=O) groups is 1. The van der Waals surface area contributed by atoms with Crippen LogP contribution >= 0.6 is 22.9 Å². The van der Waals surface area contributed by atoms with Crippen LogP contribution in [-0.4, -0.2) is 29.8 Å². The Balaban J connectivity index is 1.71. The minimum atomic E-state index is -0.789. The van der Waals surface area contributed by atoms with Crippen LogP contribution in [0.2, 0.25) is 5.02 Å². The van der Waals surface area contributed by atoms with Gasteiger partial charge in [-0.15, -0.1) is 10.2 Å². The number of ether oxygens (including phenoxy) is 2. The van der Waals surface area contributed by atoms with Gasteiger partial charge in [0.2, 0.25) is 10.9 Å². The zero-order valence-electron chi connectivity index (χ0n) is 19.3. The fourth-order valence-electron chi connectivity index (χ4n) is 4.14. The average Bonchev–Trinajstić information content (AvgIpc) is 3.40. The van der Waals surface area contributed by atoms with Gasteiger partial charge in [-0.1, -0.05) is 42.3 Å².